The Hall–Kier alpha value is -5.93. The van der Waals surface area contributed by atoms with E-state index in [2.05, 4.69) is 101 Å². The molecule has 0 aromatic heterocycles. The van der Waals surface area contributed by atoms with E-state index in [4.69, 9.17) is 24.1 Å². The summed E-state index contributed by atoms with van der Waals surface area (Å²) >= 11 is 0. The molecule has 4 atom stereocenters. The van der Waals surface area contributed by atoms with E-state index >= 15 is 0 Å². The van der Waals surface area contributed by atoms with E-state index in [0.29, 0.717) is 43.5 Å². The fraction of sp³-hybridized carbons (Fsp3) is 0.734. The summed E-state index contributed by atoms with van der Waals surface area (Å²) in [4.78, 5) is 87.3. The number of unbranched alkanes of at least 4 members (excludes halogenated alkanes) is 21. The van der Waals surface area contributed by atoms with Crippen LogP contribution < -0.4 is 26.6 Å². The summed E-state index contributed by atoms with van der Waals surface area (Å²) in [5.41, 5.74) is -0.645. The fourth-order valence-electron chi connectivity index (χ4n) is 11.6. The molecule has 20 heteroatoms. The number of allylic oxidation sites excluding steroid dienone is 8. The van der Waals surface area contributed by atoms with Crippen LogP contribution in [-0.2, 0) is 38.1 Å². The van der Waals surface area contributed by atoms with Crippen LogP contribution in [0.3, 0.4) is 0 Å². The van der Waals surface area contributed by atoms with Gasteiger partial charge in [0.15, 0.2) is 5.79 Å². The predicted molar refractivity (Wildman–Crippen MR) is 396 cm³/mol. The molecule has 5 amide bonds. The second-order valence-corrected chi connectivity index (χ2v) is 27.9. The molecule has 0 saturated carbocycles. The minimum absolute atomic E-state index is 0.0110. The molecule has 0 bridgehead atoms. The highest BCUT2D eigenvalue weighted by atomic mass is 16.7. The number of hydrogen-bond donors (Lipinski definition) is 8. The molecule has 1 fully saturated rings. The van der Waals surface area contributed by atoms with Crippen LogP contribution in [0.1, 0.15) is 300 Å². The van der Waals surface area contributed by atoms with Gasteiger partial charge in [0.1, 0.15) is 12.1 Å². The number of carbonyl (C=O) groups excluding carboxylic acids is 4. The average Bonchev–Trinajstić information content (AvgIpc) is 1.74. The van der Waals surface area contributed by atoms with E-state index in [1.807, 2.05) is 27.7 Å². The van der Waals surface area contributed by atoms with Gasteiger partial charge < -0.3 is 65.8 Å². The lowest BCUT2D eigenvalue weighted by atomic mass is 9.98. The number of rotatable bonds is 63. The third-order valence-corrected chi connectivity index (χ3v) is 18.2. The molecule has 0 radical (unpaired) electrons. The van der Waals surface area contributed by atoms with Crippen molar-refractivity contribution in [2.75, 3.05) is 59.6 Å². The van der Waals surface area contributed by atoms with Crippen molar-refractivity contribution in [1.29, 1.82) is 0 Å². The Morgan fingerprint density at radius 2 is 1.05 bits per heavy atom. The van der Waals surface area contributed by atoms with Crippen molar-refractivity contribution in [3.8, 4) is 0 Å². The first-order valence-corrected chi connectivity index (χ1v) is 38.2. The minimum atomic E-state index is -1.51. The summed E-state index contributed by atoms with van der Waals surface area (Å²) < 4.78 is 26.0. The van der Waals surface area contributed by atoms with E-state index in [9.17, 15) is 43.8 Å². The van der Waals surface area contributed by atoms with Crippen LogP contribution in [0.2, 0.25) is 0 Å². The SMILES string of the molecule is CCCCC/C=C\C/C=C\CCCCCCCCC1(CCCCCCCC/C=C\C/C=C\CCCCC)OCC(CCN(C)CCCCCC(=O)NCC(C)(CC)OCC(C)(C)OCCNC(=O)c2ccc(C(=O)NCCCC[C@H](NC(=O)N[C@@H](CCC(=O)O)C(=O)O)C(=O)O)cc2)O1. The van der Waals surface area contributed by atoms with Crippen LogP contribution in [0.15, 0.2) is 72.9 Å². The number of amides is 5. The number of carboxylic acid groups (broad SMARTS) is 3. The summed E-state index contributed by atoms with van der Waals surface area (Å²) in [7, 11) is 2.18. The molecule has 0 aliphatic carbocycles. The summed E-state index contributed by atoms with van der Waals surface area (Å²) in [6.07, 6.45) is 55.1. The monoisotopic (exact) mass is 1390 g/mol. The first kappa shape index (κ1) is 89.2. The predicted octanol–water partition coefficient (Wildman–Crippen LogP) is 15.9. The van der Waals surface area contributed by atoms with Gasteiger partial charge in [-0.25, -0.2) is 14.4 Å². The lowest BCUT2D eigenvalue weighted by molar-refractivity contribution is -0.180. The Bertz CT molecular complexity index is 2440. The summed E-state index contributed by atoms with van der Waals surface area (Å²) in [5, 5.41) is 40.6. The lowest BCUT2D eigenvalue weighted by Crippen LogP contribution is -2.51. The molecule has 1 aliphatic heterocycles. The molecule has 8 N–H and O–H groups in total. The first-order valence-electron chi connectivity index (χ1n) is 38.2. The molecule has 1 heterocycles. The quantitative estimate of drug-likeness (QED) is 0.0222. The van der Waals surface area contributed by atoms with Gasteiger partial charge in [-0.3, -0.25) is 19.2 Å². The Morgan fingerprint density at radius 3 is 1.56 bits per heavy atom. The van der Waals surface area contributed by atoms with Crippen LogP contribution in [0.5, 0.6) is 0 Å². The number of benzene rings is 1. The second kappa shape index (κ2) is 55.7. The van der Waals surface area contributed by atoms with Gasteiger partial charge >= 0.3 is 23.9 Å². The number of urea groups is 1. The Labute approximate surface area is 596 Å². The number of ether oxygens (including phenoxy) is 4. The van der Waals surface area contributed by atoms with E-state index in [0.717, 1.165) is 77.3 Å². The van der Waals surface area contributed by atoms with Gasteiger partial charge in [0.05, 0.1) is 37.1 Å². The summed E-state index contributed by atoms with van der Waals surface area (Å²) in [6, 6.07) is 2.17. The van der Waals surface area contributed by atoms with Gasteiger partial charge in [0, 0.05) is 63.0 Å². The molecule has 1 aliphatic rings. The Morgan fingerprint density at radius 1 is 0.566 bits per heavy atom. The van der Waals surface area contributed by atoms with Crippen molar-refractivity contribution in [1.82, 2.24) is 31.5 Å². The highest BCUT2D eigenvalue weighted by Crippen LogP contribution is 2.36. The van der Waals surface area contributed by atoms with Gasteiger partial charge in [0.25, 0.3) is 11.8 Å². The topological polar surface area (TPSA) is 280 Å². The van der Waals surface area contributed by atoms with Gasteiger partial charge in [-0.2, -0.15) is 0 Å². The largest absolute Gasteiger partial charge is 0.481 e. The molecule has 1 aromatic rings. The van der Waals surface area contributed by atoms with Crippen molar-refractivity contribution in [3.63, 3.8) is 0 Å². The van der Waals surface area contributed by atoms with Crippen LogP contribution in [0.25, 0.3) is 0 Å². The molecule has 20 nitrogen and oxygen atoms in total. The van der Waals surface area contributed by atoms with Crippen LogP contribution in [0.4, 0.5) is 4.79 Å². The number of nitrogens with one attached hydrogen (secondary N) is 5. The maximum Gasteiger partial charge on any atom is 0.326 e. The number of nitrogens with zero attached hydrogens (tertiary/aromatic N) is 1. The zero-order chi connectivity index (χ0) is 72.7. The highest BCUT2D eigenvalue weighted by Gasteiger charge is 2.40. The van der Waals surface area contributed by atoms with Gasteiger partial charge in [-0.05, 0) is 187 Å². The van der Waals surface area contributed by atoms with Crippen molar-refractivity contribution < 1.29 is 67.8 Å². The first-order chi connectivity index (χ1) is 47.7. The zero-order valence-electron chi connectivity index (χ0n) is 62.3. The number of aliphatic carboxylic acids is 3. The fourth-order valence-corrected chi connectivity index (χ4v) is 11.6. The average molecular weight is 1390 g/mol. The highest BCUT2D eigenvalue weighted by molar-refractivity contribution is 5.97. The summed E-state index contributed by atoms with van der Waals surface area (Å²) in [6.45, 7) is 16.2. The maximum absolute atomic E-state index is 13.0. The third kappa shape index (κ3) is 46.3. The van der Waals surface area contributed by atoms with E-state index in [-0.39, 0.29) is 63.5 Å². The summed E-state index contributed by atoms with van der Waals surface area (Å²) in [5.74, 6) is -5.23. The molecule has 1 aromatic carbocycles. The third-order valence-electron chi connectivity index (χ3n) is 18.2. The molecule has 99 heavy (non-hydrogen) atoms. The molecular weight excluding hydrogens is 1260 g/mol. The molecule has 0 spiro atoms. The number of hydrogen-bond acceptors (Lipinski definition) is 12. The van der Waals surface area contributed by atoms with Crippen molar-refractivity contribution in [2.45, 2.75) is 314 Å². The zero-order valence-corrected chi connectivity index (χ0v) is 62.3. The molecule has 2 unspecified atom stereocenters. The molecular formula is C79H134N6O14. The van der Waals surface area contributed by atoms with Crippen LogP contribution in [-0.4, -0.2) is 157 Å². The smallest absolute Gasteiger partial charge is 0.326 e. The normalized spacial score (nSPS) is 15.3. The Balaban J connectivity index is 1.68. The van der Waals surface area contributed by atoms with E-state index in [1.165, 1.54) is 153 Å². The minimum Gasteiger partial charge on any atom is -0.481 e. The van der Waals surface area contributed by atoms with Crippen LogP contribution >= 0.6 is 0 Å². The van der Waals surface area contributed by atoms with Crippen molar-refractivity contribution >= 4 is 41.7 Å². The number of carbonyl (C=O) groups is 7. The lowest BCUT2D eigenvalue weighted by Gasteiger charge is -2.34. The molecule has 2 rings (SSSR count). The maximum atomic E-state index is 13.0. The Kier molecular flexibility index (Phi) is 50.2. The number of carboxylic acids is 3. The second-order valence-electron chi connectivity index (χ2n) is 27.9. The molecule has 1 saturated heterocycles. The van der Waals surface area contributed by atoms with Crippen molar-refractivity contribution in [3.05, 3.63) is 84.0 Å². The van der Waals surface area contributed by atoms with Gasteiger partial charge in [0.2, 0.25) is 5.91 Å². The van der Waals surface area contributed by atoms with Crippen molar-refractivity contribution in [2.24, 2.45) is 0 Å². The van der Waals surface area contributed by atoms with Gasteiger partial charge in [-0.15, -0.1) is 0 Å². The standard InChI is InChI=1S/C79H134N6O14/c1-8-11-13-15-17-19-21-23-25-27-29-31-33-35-37-42-55-79(56-43-38-36-34-32-30-28-26-24-22-20-18-16-14-12-9-2)97-62-67(99-79)54-60-85(7)59-45-39-40-47-70(86)82-63-78(6,10-3)98-64-77(4,5)96-61-58-81-73(90)66-50-48-65(49-51-66)72(89)80-57-44-41-46-68(74(91)92)83-76(95)84-69(75(93)94)52-53-71(87)88/h17-20,23-26,48-51,67-69H,8-16,21-22,27-47,52-64H2,1-7H3,(H,80,89)(H,81,90)(H,82,86)(H,87,88)(H,91,92)(H,93,94)(H2,83,84,95)/b19-17-,20-18-,25-23-,26-24-/t67?,68-,69-,78?/m0/s1. The van der Waals surface area contributed by atoms with Gasteiger partial charge in [-0.1, -0.05) is 153 Å². The van der Waals surface area contributed by atoms with E-state index < -0.39 is 65.3 Å². The van der Waals surface area contributed by atoms with E-state index in [1.54, 1.807) is 0 Å². The molecule has 564 valence electrons. The van der Waals surface area contributed by atoms with Crippen LogP contribution in [0, 0.1) is 0 Å².